The molecule has 1 aliphatic heterocycles. The van der Waals surface area contributed by atoms with Crippen LogP contribution in [0.2, 0.25) is 0 Å². The number of aromatic nitrogens is 4. The molecule has 0 unspecified atom stereocenters. The lowest BCUT2D eigenvalue weighted by atomic mass is 10.0. The van der Waals surface area contributed by atoms with E-state index in [-0.39, 0.29) is 42.4 Å². The SMILES string of the molecule is Cn1ncc2c(N)nc3cc(F)c(C(=O)N4CCOC[C@@H]4c4ccc(C(F)(F)F)cn4)cc3c21. The van der Waals surface area contributed by atoms with Gasteiger partial charge in [-0.05, 0) is 18.2 Å². The van der Waals surface area contributed by atoms with Crippen molar-refractivity contribution in [3.8, 4) is 0 Å². The molecule has 0 saturated carbocycles. The number of alkyl halides is 3. The van der Waals surface area contributed by atoms with E-state index in [2.05, 4.69) is 15.1 Å². The van der Waals surface area contributed by atoms with Crippen LogP contribution >= 0.6 is 0 Å². The molecule has 1 fully saturated rings. The predicted molar refractivity (Wildman–Crippen MR) is 114 cm³/mol. The van der Waals surface area contributed by atoms with Crippen LogP contribution in [0.15, 0.2) is 36.7 Å². The number of rotatable bonds is 2. The van der Waals surface area contributed by atoms with Crippen molar-refractivity contribution in [2.45, 2.75) is 12.2 Å². The van der Waals surface area contributed by atoms with E-state index in [0.717, 1.165) is 12.1 Å². The summed E-state index contributed by atoms with van der Waals surface area (Å²) in [5.41, 5.74) is 5.93. The molecule has 0 bridgehead atoms. The van der Waals surface area contributed by atoms with Crippen LogP contribution < -0.4 is 5.73 Å². The molecule has 0 aliphatic carbocycles. The van der Waals surface area contributed by atoms with E-state index in [4.69, 9.17) is 10.5 Å². The largest absolute Gasteiger partial charge is 0.417 e. The van der Waals surface area contributed by atoms with Gasteiger partial charge in [-0.25, -0.2) is 9.37 Å². The minimum absolute atomic E-state index is 0.0172. The van der Waals surface area contributed by atoms with Gasteiger partial charge in [-0.15, -0.1) is 0 Å². The van der Waals surface area contributed by atoms with E-state index in [9.17, 15) is 18.0 Å². The lowest BCUT2D eigenvalue weighted by molar-refractivity contribution is -0.137. The first-order valence-corrected chi connectivity index (χ1v) is 10.3. The molecule has 34 heavy (non-hydrogen) atoms. The molecule has 4 aromatic rings. The van der Waals surface area contributed by atoms with Gasteiger partial charge in [0.05, 0.1) is 58.7 Å². The van der Waals surface area contributed by atoms with Gasteiger partial charge in [0, 0.05) is 31.2 Å². The van der Waals surface area contributed by atoms with Crippen LogP contribution in [0.4, 0.5) is 23.4 Å². The summed E-state index contributed by atoms with van der Waals surface area (Å²) in [4.78, 5) is 22.9. The number of nitrogens with zero attached hydrogens (tertiary/aromatic N) is 5. The van der Waals surface area contributed by atoms with Crippen LogP contribution in [0.25, 0.3) is 21.8 Å². The maximum absolute atomic E-state index is 15.1. The average molecular weight is 474 g/mol. The summed E-state index contributed by atoms with van der Waals surface area (Å²) in [6.07, 6.45) is -2.29. The highest BCUT2D eigenvalue weighted by atomic mass is 19.4. The summed E-state index contributed by atoms with van der Waals surface area (Å²) in [5, 5.41) is 5.23. The third-order valence-electron chi connectivity index (χ3n) is 5.87. The van der Waals surface area contributed by atoms with Crippen LogP contribution in [-0.2, 0) is 18.0 Å². The number of fused-ring (bicyclic) bond motifs is 3. The number of amides is 1. The Labute approximate surface area is 189 Å². The first-order valence-electron chi connectivity index (χ1n) is 10.3. The van der Waals surface area contributed by atoms with E-state index in [0.29, 0.717) is 22.5 Å². The molecule has 0 spiro atoms. The Morgan fingerprint density at radius 1 is 1.21 bits per heavy atom. The van der Waals surface area contributed by atoms with Gasteiger partial charge in [-0.3, -0.25) is 14.5 Å². The topological polar surface area (TPSA) is 99.2 Å². The zero-order valence-electron chi connectivity index (χ0n) is 17.8. The summed E-state index contributed by atoms with van der Waals surface area (Å²) >= 11 is 0. The number of benzene rings is 1. The Morgan fingerprint density at radius 3 is 2.71 bits per heavy atom. The van der Waals surface area contributed by atoms with E-state index in [1.807, 2.05) is 0 Å². The molecule has 1 saturated heterocycles. The van der Waals surface area contributed by atoms with E-state index in [1.54, 1.807) is 11.7 Å². The van der Waals surface area contributed by atoms with Crippen molar-refractivity contribution in [3.63, 3.8) is 0 Å². The average Bonchev–Trinajstić information content (AvgIpc) is 3.20. The maximum atomic E-state index is 15.1. The highest BCUT2D eigenvalue weighted by Crippen LogP contribution is 2.33. The Morgan fingerprint density at radius 2 is 2.00 bits per heavy atom. The second-order valence-corrected chi connectivity index (χ2v) is 7.94. The minimum atomic E-state index is -4.53. The molecule has 8 nitrogen and oxygen atoms in total. The third kappa shape index (κ3) is 3.59. The molecule has 2 N–H and O–H groups in total. The zero-order valence-corrected chi connectivity index (χ0v) is 17.8. The Kier molecular flexibility index (Phi) is 5.12. The van der Waals surface area contributed by atoms with Crippen LogP contribution in [0.5, 0.6) is 0 Å². The number of aryl methyl sites for hydroxylation is 1. The Balaban J connectivity index is 1.56. The van der Waals surface area contributed by atoms with Gasteiger partial charge >= 0.3 is 6.18 Å². The standard InChI is InChI=1S/C22H18F4N6O2/c1-31-19-13-6-12(15(23)7-17(13)30-20(27)14(19)9-29-31)21(33)32-4-5-34-10-18(32)16-3-2-11(8-28-16)22(24,25)26/h2-3,6-9,18H,4-5,10H2,1H3,(H2,27,30)/t18-/m1/s1. The highest BCUT2D eigenvalue weighted by molar-refractivity contribution is 6.10. The van der Waals surface area contributed by atoms with Gasteiger partial charge in [0.25, 0.3) is 5.91 Å². The number of anilines is 1. The second-order valence-electron chi connectivity index (χ2n) is 7.94. The summed E-state index contributed by atoms with van der Waals surface area (Å²) < 4.78 is 60.8. The molecule has 1 aliphatic rings. The number of morpholine rings is 1. The number of nitrogen functional groups attached to an aromatic ring is 1. The number of hydrogen-bond acceptors (Lipinski definition) is 6. The van der Waals surface area contributed by atoms with Crippen molar-refractivity contribution < 1.29 is 27.1 Å². The fourth-order valence-electron chi connectivity index (χ4n) is 4.16. The van der Waals surface area contributed by atoms with Gasteiger partial charge in [-0.2, -0.15) is 18.3 Å². The molecule has 1 atom stereocenters. The maximum Gasteiger partial charge on any atom is 0.417 e. The number of hydrogen-bond donors (Lipinski definition) is 1. The molecule has 5 rings (SSSR count). The molecule has 12 heteroatoms. The van der Waals surface area contributed by atoms with Crippen LogP contribution in [0.3, 0.4) is 0 Å². The smallest absolute Gasteiger partial charge is 0.383 e. The van der Waals surface area contributed by atoms with E-state index < -0.39 is 29.5 Å². The van der Waals surface area contributed by atoms with Gasteiger partial charge in [-0.1, -0.05) is 0 Å². The number of nitrogens with two attached hydrogens (primary N) is 1. The van der Waals surface area contributed by atoms with Crippen molar-refractivity contribution in [1.82, 2.24) is 24.6 Å². The minimum Gasteiger partial charge on any atom is -0.383 e. The van der Waals surface area contributed by atoms with Crippen LogP contribution in [-0.4, -0.2) is 50.3 Å². The molecule has 1 amide bonds. The normalized spacial score (nSPS) is 17.0. The molecule has 176 valence electrons. The van der Waals surface area contributed by atoms with E-state index in [1.165, 1.54) is 23.2 Å². The van der Waals surface area contributed by atoms with Crippen molar-refractivity contribution in [2.24, 2.45) is 7.05 Å². The summed E-state index contributed by atoms with van der Waals surface area (Å²) in [6, 6.07) is 3.85. The monoisotopic (exact) mass is 474 g/mol. The van der Waals surface area contributed by atoms with Gasteiger partial charge < -0.3 is 15.4 Å². The number of carbonyl (C=O) groups is 1. The number of halogens is 4. The number of ether oxygens (including phenoxy) is 1. The third-order valence-corrected chi connectivity index (χ3v) is 5.87. The molecule has 0 radical (unpaired) electrons. The summed E-state index contributed by atoms with van der Waals surface area (Å²) in [6.45, 7) is 0.330. The lowest BCUT2D eigenvalue weighted by Gasteiger charge is -2.35. The van der Waals surface area contributed by atoms with Crippen molar-refractivity contribution in [2.75, 3.05) is 25.5 Å². The number of pyridine rings is 2. The van der Waals surface area contributed by atoms with Crippen LogP contribution in [0, 0.1) is 5.82 Å². The van der Waals surface area contributed by atoms with Crippen molar-refractivity contribution in [3.05, 3.63) is 59.3 Å². The Bertz CT molecular complexity index is 1420. The van der Waals surface area contributed by atoms with E-state index >= 15 is 4.39 Å². The molecule has 4 heterocycles. The zero-order chi connectivity index (χ0) is 24.2. The molecule has 1 aromatic carbocycles. The summed E-state index contributed by atoms with van der Waals surface area (Å²) in [7, 11) is 1.69. The molecule has 3 aromatic heterocycles. The quantitative estimate of drug-likeness (QED) is 0.447. The van der Waals surface area contributed by atoms with Gasteiger partial charge in [0.15, 0.2) is 0 Å². The molecular formula is C22H18F4N6O2. The highest BCUT2D eigenvalue weighted by Gasteiger charge is 2.34. The van der Waals surface area contributed by atoms with Crippen molar-refractivity contribution >= 4 is 33.5 Å². The fraction of sp³-hybridized carbons (Fsp3) is 0.273. The number of carbonyl (C=O) groups excluding carboxylic acids is 1. The van der Waals surface area contributed by atoms with Gasteiger partial charge in [0.1, 0.15) is 11.6 Å². The first-order chi connectivity index (χ1) is 16.1. The van der Waals surface area contributed by atoms with Crippen LogP contribution in [0.1, 0.15) is 27.7 Å². The lowest BCUT2D eigenvalue weighted by Crippen LogP contribution is -2.44. The second kappa shape index (κ2) is 7.90. The van der Waals surface area contributed by atoms with Gasteiger partial charge in [0.2, 0.25) is 0 Å². The predicted octanol–water partition coefficient (Wildman–Crippen LogP) is 3.47. The fourth-order valence-corrected chi connectivity index (χ4v) is 4.16. The Hall–Kier alpha value is -3.80. The first kappa shape index (κ1) is 22.0. The summed E-state index contributed by atoms with van der Waals surface area (Å²) in [5.74, 6) is -1.24. The van der Waals surface area contributed by atoms with Crippen molar-refractivity contribution in [1.29, 1.82) is 0 Å². The molecular weight excluding hydrogens is 456 g/mol.